The van der Waals surface area contributed by atoms with Gasteiger partial charge in [-0.2, -0.15) is 0 Å². The van der Waals surface area contributed by atoms with Crippen molar-refractivity contribution >= 4 is 105 Å². The van der Waals surface area contributed by atoms with Gasteiger partial charge in [-0.1, -0.05) is 0 Å². The van der Waals surface area contributed by atoms with Gasteiger partial charge in [0.15, 0.2) is 112 Å². The zero-order valence-corrected chi connectivity index (χ0v) is 45.7. The number of aromatic nitrogens is 9. The Balaban J connectivity index is 0.000000221. The monoisotopic (exact) mass is 1120 g/mol. The van der Waals surface area contributed by atoms with E-state index in [0.717, 1.165) is 51.2 Å². The van der Waals surface area contributed by atoms with E-state index in [9.17, 15) is 0 Å². The minimum absolute atomic E-state index is 0. The number of pyridine rings is 9. The highest BCUT2D eigenvalue weighted by molar-refractivity contribution is 14.0. The van der Waals surface area contributed by atoms with Crippen LogP contribution in [0.15, 0.2) is 221 Å². The topological polar surface area (TPSA) is 44.6 Å². The summed E-state index contributed by atoms with van der Waals surface area (Å²) in [7, 11) is 18.4. The second kappa shape index (κ2) is 26.1. The van der Waals surface area contributed by atoms with Crippen LogP contribution in [0, 0.1) is 0 Å². The van der Waals surface area contributed by atoms with Crippen molar-refractivity contribution < 1.29 is 41.1 Å². The van der Waals surface area contributed by atoms with Crippen LogP contribution in [0.25, 0.3) is 0 Å². The Kier molecular flexibility index (Phi) is 20.8. The van der Waals surface area contributed by atoms with Crippen LogP contribution >= 0.6 is 53.4 Å². The zero-order chi connectivity index (χ0) is 46.6. The Morgan fingerprint density at radius 3 is 0.420 bits per heavy atom. The van der Waals surface area contributed by atoms with Crippen molar-refractivity contribution in [3.05, 3.63) is 221 Å². The molecule has 0 atom stereocenters. The largest absolute Gasteiger partial charge is 0.294 e. The molecule has 0 aromatic carbocycles. The lowest BCUT2D eigenvalue weighted by Crippen LogP contribution is -2.31. The minimum Gasteiger partial charge on any atom is -0.294 e. The van der Waals surface area contributed by atoms with Crippen molar-refractivity contribution in [2.75, 3.05) is 14.7 Å². The first-order valence-corrected chi connectivity index (χ1v) is 21.9. The average Bonchev–Trinajstić information content (AvgIpc) is 3.28. The molecule has 0 unspecified atom stereocenters. The van der Waals surface area contributed by atoms with Gasteiger partial charge in [-0.25, -0.2) is 41.1 Å². The maximum atomic E-state index is 2.25. The van der Waals surface area contributed by atoms with Gasteiger partial charge >= 0.3 is 0 Å². The van der Waals surface area contributed by atoms with E-state index < -0.39 is 0 Å². The maximum absolute atomic E-state index is 2.25. The number of aryl methyl sites for hydroxylation is 9. The first-order chi connectivity index (χ1) is 31.9. The maximum Gasteiger partial charge on any atom is 0.192 e. The van der Waals surface area contributed by atoms with Crippen LogP contribution in [0.1, 0.15) is 0 Å². The summed E-state index contributed by atoms with van der Waals surface area (Å²) in [6.45, 7) is 0. The van der Waals surface area contributed by atoms with Crippen LogP contribution in [-0.2, 0) is 63.4 Å². The van der Waals surface area contributed by atoms with E-state index in [1.165, 1.54) is 0 Å². The van der Waals surface area contributed by atoms with E-state index in [4.69, 9.17) is 0 Å². The number of hydrogen-bond donors (Lipinski definition) is 0. The second-order valence-corrected chi connectivity index (χ2v) is 16.6. The van der Waals surface area contributed by atoms with Gasteiger partial charge in [0.05, 0.1) is 0 Å². The Morgan fingerprint density at radius 2 is 0.333 bits per heavy atom. The fourth-order valence-electron chi connectivity index (χ4n) is 7.68. The molecule has 0 saturated carbocycles. The van der Waals surface area contributed by atoms with Gasteiger partial charge < -0.3 is 0 Å². The van der Waals surface area contributed by atoms with E-state index in [1.54, 1.807) is 0 Å². The third-order valence-corrected chi connectivity index (χ3v) is 10.6. The summed E-state index contributed by atoms with van der Waals surface area (Å²) in [4.78, 5) is 6.75. The number of anilines is 9. The molecule has 9 aromatic heterocycles. The van der Waals surface area contributed by atoms with Crippen molar-refractivity contribution in [3.63, 3.8) is 0 Å². The van der Waals surface area contributed by atoms with Crippen LogP contribution in [0.5, 0.6) is 0 Å². The lowest BCUT2D eigenvalue weighted by atomic mass is 10.2. The minimum atomic E-state index is 0. The Labute approximate surface area is 441 Å². The Morgan fingerprint density at radius 1 is 0.232 bits per heavy atom. The Hall–Kier alpha value is -6.75. The summed E-state index contributed by atoms with van der Waals surface area (Å²) in [6.07, 6.45) is 37.5. The van der Waals surface area contributed by atoms with Gasteiger partial charge in [0.1, 0.15) is 115 Å². The fourth-order valence-corrected chi connectivity index (χ4v) is 7.68. The number of nitrogens with zero attached hydrogens (tertiary/aromatic N) is 12. The molecular formula is C54H66BrClIN12+9. The fraction of sp³-hybridized carbons (Fsp3) is 0.167. The average molecular weight is 1130 g/mol. The first kappa shape index (κ1) is 54.9. The van der Waals surface area contributed by atoms with Gasteiger partial charge in [-0.05, 0) is 54.6 Å². The van der Waals surface area contributed by atoms with Crippen LogP contribution in [0.3, 0.4) is 0 Å². The van der Waals surface area contributed by atoms with Crippen LogP contribution < -0.4 is 55.8 Å². The van der Waals surface area contributed by atoms with Crippen molar-refractivity contribution in [1.29, 1.82) is 0 Å². The highest BCUT2D eigenvalue weighted by Crippen LogP contribution is 2.34. The van der Waals surface area contributed by atoms with E-state index in [2.05, 4.69) is 221 Å². The molecule has 354 valence electrons. The van der Waals surface area contributed by atoms with E-state index in [-0.39, 0.29) is 53.4 Å². The molecule has 9 aromatic rings. The normalized spacial score (nSPS) is 10.0. The number of rotatable bonds is 9. The molecule has 0 fully saturated rings. The molecule has 0 aliphatic rings. The summed E-state index contributed by atoms with van der Waals surface area (Å²) in [5, 5.41) is 0. The van der Waals surface area contributed by atoms with Gasteiger partial charge in [0.25, 0.3) is 0 Å². The van der Waals surface area contributed by atoms with E-state index in [1.807, 2.05) is 119 Å². The molecule has 0 saturated heterocycles. The summed E-state index contributed by atoms with van der Waals surface area (Å²) >= 11 is 0. The van der Waals surface area contributed by atoms with Crippen LogP contribution in [-0.4, -0.2) is 0 Å². The van der Waals surface area contributed by atoms with Crippen molar-refractivity contribution in [2.45, 2.75) is 0 Å². The summed E-state index contributed by atoms with van der Waals surface area (Å²) in [5.41, 5.74) is 10.1. The highest BCUT2D eigenvalue weighted by atomic mass is 127. The van der Waals surface area contributed by atoms with Crippen molar-refractivity contribution in [1.82, 2.24) is 0 Å². The number of halogens is 3. The Bertz CT molecular complexity index is 2420. The summed E-state index contributed by atoms with van der Waals surface area (Å²) in [5.74, 6) is 0. The predicted octanol–water partition coefficient (Wildman–Crippen LogP) is 6.51. The molecule has 0 bridgehead atoms. The molecule has 15 heteroatoms. The third-order valence-electron chi connectivity index (χ3n) is 10.6. The van der Waals surface area contributed by atoms with Crippen LogP contribution in [0.2, 0.25) is 0 Å². The predicted molar refractivity (Wildman–Crippen MR) is 287 cm³/mol. The molecule has 0 aliphatic heterocycles. The quantitative estimate of drug-likeness (QED) is 0.123. The SMILES string of the molecule is Br.C[n+]1cccc(N(c2ccc[n+](C)c2)c2ccc[n+](C)c2)c1.C[n+]1cccc(N(c2ccc[n+](C)c2)c2ccc[n+](C)c2)c1.C[n+]1cccc(N(c2ccc[n+](C)c2)c2ccc[n+](C)c2)c1.Cl.I. The van der Waals surface area contributed by atoms with E-state index >= 15 is 0 Å². The second-order valence-electron chi connectivity index (χ2n) is 16.6. The van der Waals surface area contributed by atoms with Gasteiger partial charge in [-0.15, -0.1) is 53.4 Å². The summed E-state index contributed by atoms with van der Waals surface area (Å²) < 4.78 is 18.6. The lowest BCUT2D eigenvalue weighted by Gasteiger charge is -2.21. The van der Waals surface area contributed by atoms with Crippen molar-refractivity contribution in [3.8, 4) is 0 Å². The standard InChI is InChI=1S/3C18H21N4.BrH.ClH.HI/c3*1-19-10-4-7-16(13-19)22(17-8-5-11-20(2)14-17)18-9-6-12-21(3)15-18;;;/h3*4-15H,1-3H3;3*1H/q3*+3;;;. The zero-order valence-electron chi connectivity index (χ0n) is 40.9. The highest BCUT2D eigenvalue weighted by Gasteiger charge is 2.22. The third kappa shape index (κ3) is 15.1. The van der Waals surface area contributed by atoms with Crippen molar-refractivity contribution in [2.24, 2.45) is 63.4 Å². The van der Waals surface area contributed by atoms with E-state index in [0.29, 0.717) is 0 Å². The molecule has 0 amide bonds. The number of hydrogen-bond acceptors (Lipinski definition) is 3. The van der Waals surface area contributed by atoms with Crippen LogP contribution in [0.4, 0.5) is 51.2 Å². The van der Waals surface area contributed by atoms with Gasteiger partial charge in [0, 0.05) is 54.6 Å². The molecule has 0 spiro atoms. The van der Waals surface area contributed by atoms with Gasteiger partial charge in [0.2, 0.25) is 0 Å². The molecule has 9 rings (SSSR count). The molecule has 9 heterocycles. The lowest BCUT2D eigenvalue weighted by molar-refractivity contribution is -0.671. The summed E-state index contributed by atoms with van der Waals surface area (Å²) in [6, 6.07) is 37.7. The molecule has 69 heavy (non-hydrogen) atoms. The first-order valence-electron chi connectivity index (χ1n) is 21.9. The molecule has 0 aliphatic carbocycles. The van der Waals surface area contributed by atoms with Gasteiger partial charge in [-0.3, -0.25) is 14.7 Å². The molecule has 0 radical (unpaired) electrons. The smallest absolute Gasteiger partial charge is 0.192 e. The molecule has 0 N–H and O–H groups in total. The molecular weight excluding hydrogens is 1060 g/mol. The molecule has 12 nitrogen and oxygen atoms in total.